The van der Waals surface area contributed by atoms with Gasteiger partial charge in [-0.3, -0.25) is 4.79 Å². The SMILES string of the molecule is O=C1NCCCCC1Nc1ncnc2c(Br)cccc12. The van der Waals surface area contributed by atoms with Crippen molar-refractivity contribution in [2.24, 2.45) is 0 Å². The third-order valence-electron chi connectivity index (χ3n) is 3.46. The molecular weight excluding hydrogens is 320 g/mol. The van der Waals surface area contributed by atoms with Gasteiger partial charge in [0.15, 0.2) is 0 Å². The van der Waals surface area contributed by atoms with Gasteiger partial charge in [-0.05, 0) is 47.3 Å². The fourth-order valence-electron chi connectivity index (χ4n) is 2.41. The number of halogens is 1. The van der Waals surface area contributed by atoms with Crippen LogP contribution in [0.1, 0.15) is 19.3 Å². The summed E-state index contributed by atoms with van der Waals surface area (Å²) in [6.07, 6.45) is 4.40. The Bertz CT molecular complexity index is 646. The molecule has 6 heteroatoms. The number of carbonyl (C=O) groups is 1. The van der Waals surface area contributed by atoms with Crippen molar-refractivity contribution in [1.29, 1.82) is 0 Å². The fraction of sp³-hybridized carbons (Fsp3) is 0.357. The van der Waals surface area contributed by atoms with Crippen molar-refractivity contribution in [2.75, 3.05) is 11.9 Å². The van der Waals surface area contributed by atoms with E-state index in [1.807, 2.05) is 18.2 Å². The molecule has 0 saturated carbocycles. The van der Waals surface area contributed by atoms with E-state index in [4.69, 9.17) is 0 Å². The predicted molar refractivity (Wildman–Crippen MR) is 81.5 cm³/mol. The normalized spacial score (nSPS) is 19.4. The van der Waals surface area contributed by atoms with E-state index in [0.29, 0.717) is 5.82 Å². The van der Waals surface area contributed by atoms with Gasteiger partial charge in [-0.2, -0.15) is 0 Å². The first-order valence-corrected chi connectivity index (χ1v) is 7.48. The zero-order valence-electron chi connectivity index (χ0n) is 10.9. The molecule has 1 saturated heterocycles. The highest BCUT2D eigenvalue weighted by molar-refractivity contribution is 9.10. The van der Waals surface area contributed by atoms with Crippen LogP contribution in [0.5, 0.6) is 0 Å². The van der Waals surface area contributed by atoms with Gasteiger partial charge in [0.05, 0.1) is 5.52 Å². The zero-order valence-corrected chi connectivity index (χ0v) is 12.5. The van der Waals surface area contributed by atoms with Crippen LogP contribution in [0.3, 0.4) is 0 Å². The molecule has 1 amide bonds. The summed E-state index contributed by atoms with van der Waals surface area (Å²) < 4.78 is 0.922. The second-order valence-corrected chi connectivity index (χ2v) is 5.70. The second kappa shape index (κ2) is 5.75. The highest BCUT2D eigenvalue weighted by atomic mass is 79.9. The van der Waals surface area contributed by atoms with Gasteiger partial charge < -0.3 is 10.6 Å². The zero-order chi connectivity index (χ0) is 13.9. The fourth-order valence-corrected chi connectivity index (χ4v) is 2.88. The van der Waals surface area contributed by atoms with Crippen LogP contribution in [0.25, 0.3) is 10.9 Å². The summed E-state index contributed by atoms with van der Waals surface area (Å²) in [5.41, 5.74) is 0.846. The van der Waals surface area contributed by atoms with E-state index in [2.05, 4.69) is 36.5 Å². The van der Waals surface area contributed by atoms with Crippen LogP contribution in [-0.4, -0.2) is 28.5 Å². The summed E-state index contributed by atoms with van der Waals surface area (Å²) in [4.78, 5) is 20.6. The lowest BCUT2D eigenvalue weighted by atomic mass is 10.1. The van der Waals surface area contributed by atoms with Crippen molar-refractivity contribution in [3.05, 3.63) is 29.0 Å². The molecule has 5 nitrogen and oxygen atoms in total. The number of fused-ring (bicyclic) bond motifs is 1. The van der Waals surface area contributed by atoms with E-state index in [1.54, 1.807) is 0 Å². The topological polar surface area (TPSA) is 66.9 Å². The monoisotopic (exact) mass is 334 g/mol. The van der Waals surface area contributed by atoms with E-state index in [-0.39, 0.29) is 11.9 Å². The highest BCUT2D eigenvalue weighted by Gasteiger charge is 2.21. The molecule has 104 valence electrons. The maximum Gasteiger partial charge on any atom is 0.242 e. The molecule has 2 aromatic rings. The van der Waals surface area contributed by atoms with Gasteiger partial charge in [0.2, 0.25) is 5.91 Å². The molecule has 1 unspecified atom stereocenters. The number of carbonyl (C=O) groups excluding carboxylic acids is 1. The van der Waals surface area contributed by atoms with E-state index in [1.165, 1.54) is 6.33 Å². The Kier molecular flexibility index (Phi) is 3.82. The van der Waals surface area contributed by atoms with Gasteiger partial charge in [-0.25, -0.2) is 9.97 Å². The average molecular weight is 335 g/mol. The van der Waals surface area contributed by atoms with Gasteiger partial charge in [-0.15, -0.1) is 0 Å². The summed E-state index contributed by atoms with van der Waals surface area (Å²) in [6.45, 7) is 0.757. The van der Waals surface area contributed by atoms with E-state index in [9.17, 15) is 4.79 Å². The number of para-hydroxylation sites is 1. The smallest absolute Gasteiger partial charge is 0.242 e. The first-order valence-electron chi connectivity index (χ1n) is 6.69. The number of anilines is 1. The number of benzene rings is 1. The number of rotatable bonds is 2. The van der Waals surface area contributed by atoms with Crippen LogP contribution in [0.4, 0.5) is 5.82 Å². The number of nitrogens with one attached hydrogen (secondary N) is 2. The number of hydrogen-bond donors (Lipinski definition) is 2. The standard InChI is InChI=1S/C14H15BrN4O/c15-10-5-3-4-9-12(10)17-8-18-13(9)19-11-6-1-2-7-16-14(11)20/h3-5,8,11H,1-2,6-7H2,(H,16,20)(H,17,18,19). The first-order chi connectivity index (χ1) is 9.75. The third kappa shape index (κ3) is 2.60. The molecular formula is C14H15BrN4O. The van der Waals surface area contributed by atoms with E-state index < -0.39 is 0 Å². The van der Waals surface area contributed by atoms with Crippen molar-refractivity contribution >= 4 is 38.6 Å². The molecule has 2 heterocycles. The Balaban J connectivity index is 1.94. The first kappa shape index (κ1) is 13.3. The lowest BCUT2D eigenvalue weighted by Gasteiger charge is -2.17. The molecule has 3 rings (SSSR count). The lowest BCUT2D eigenvalue weighted by Crippen LogP contribution is -2.38. The van der Waals surface area contributed by atoms with Crippen LogP contribution >= 0.6 is 15.9 Å². The quantitative estimate of drug-likeness (QED) is 0.885. The third-order valence-corrected chi connectivity index (χ3v) is 4.10. The average Bonchev–Trinajstić information content (AvgIpc) is 2.65. The minimum absolute atomic E-state index is 0.0456. The molecule has 0 spiro atoms. The summed E-state index contributed by atoms with van der Waals surface area (Å²) in [5.74, 6) is 0.752. The molecule has 0 radical (unpaired) electrons. The van der Waals surface area contributed by atoms with Crippen LogP contribution < -0.4 is 10.6 Å². The largest absolute Gasteiger partial charge is 0.358 e. The summed E-state index contributed by atoms with van der Waals surface area (Å²) in [5, 5.41) is 7.09. The summed E-state index contributed by atoms with van der Waals surface area (Å²) >= 11 is 3.48. The molecule has 1 atom stereocenters. The van der Waals surface area contributed by atoms with Gasteiger partial charge >= 0.3 is 0 Å². The van der Waals surface area contributed by atoms with Gasteiger partial charge in [-0.1, -0.05) is 6.07 Å². The molecule has 2 N–H and O–H groups in total. The lowest BCUT2D eigenvalue weighted by molar-refractivity contribution is -0.121. The molecule has 0 bridgehead atoms. The molecule has 1 aliphatic heterocycles. The van der Waals surface area contributed by atoms with Crippen molar-refractivity contribution < 1.29 is 4.79 Å². The van der Waals surface area contributed by atoms with E-state index in [0.717, 1.165) is 41.2 Å². The number of aromatic nitrogens is 2. The van der Waals surface area contributed by atoms with Gasteiger partial charge in [0, 0.05) is 16.4 Å². The molecule has 1 aliphatic rings. The van der Waals surface area contributed by atoms with Crippen LogP contribution in [0.15, 0.2) is 29.0 Å². The Morgan fingerprint density at radius 1 is 1.30 bits per heavy atom. The summed E-state index contributed by atoms with van der Waals surface area (Å²) in [7, 11) is 0. The maximum absolute atomic E-state index is 12.0. The minimum Gasteiger partial charge on any atom is -0.358 e. The van der Waals surface area contributed by atoms with Crippen molar-refractivity contribution in [2.45, 2.75) is 25.3 Å². The Morgan fingerprint density at radius 3 is 3.10 bits per heavy atom. The van der Waals surface area contributed by atoms with Crippen LogP contribution in [0.2, 0.25) is 0 Å². The molecule has 1 aromatic heterocycles. The molecule has 20 heavy (non-hydrogen) atoms. The molecule has 0 aliphatic carbocycles. The van der Waals surface area contributed by atoms with Crippen molar-refractivity contribution in [1.82, 2.24) is 15.3 Å². The Labute approximate surface area is 125 Å². The molecule has 1 fully saturated rings. The van der Waals surface area contributed by atoms with Crippen LogP contribution in [-0.2, 0) is 4.79 Å². The minimum atomic E-state index is -0.227. The van der Waals surface area contributed by atoms with Gasteiger partial charge in [0.1, 0.15) is 18.2 Å². The van der Waals surface area contributed by atoms with Crippen molar-refractivity contribution in [3.63, 3.8) is 0 Å². The Hall–Kier alpha value is -1.69. The van der Waals surface area contributed by atoms with Crippen LogP contribution in [0, 0.1) is 0 Å². The second-order valence-electron chi connectivity index (χ2n) is 4.84. The summed E-state index contributed by atoms with van der Waals surface area (Å²) in [6, 6.07) is 5.61. The molecule has 1 aromatic carbocycles. The van der Waals surface area contributed by atoms with Crippen molar-refractivity contribution in [3.8, 4) is 0 Å². The Morgan fingerprint density at radius 2 is 2.20 bits per heavy atom. The van der Waals surface area contributed by atoms with Gasteiger partial charge in [0.25, 0.3) is 0 Å². The highest BCUT2D eigenvalue weighted by Crippen LogP contribution is 2.26. The number of nitrogens with zero attached hydrogens (tertiary/aromatic N) is 2. The number of hydrogen-bond acceptors (Lipinski definition) is 4. The maximum atomic E-state index is 12.0. The van der Waals surface area contributed by atoms with E-state index >= 15 is 0 Å². The number of amides is 1. The predicted octanol–water partition coefficient (Wildman–Crippen LogP) is 2.47.